The van der Waals surface area contributed by atoms with Gasteiger partial charge in [0.15, 0.2) is 11.5 Å². The number of imidazole rings is 1. The van der Waals surface area contributed by atoms with Gasteiger partial charge in [-0.3, -0.25) is 13.9 Å². The Morgan fingerprint density at radius 3 is 2.85 bits per heavy atom. The number of anilines is 1. The second-order valence-corrected chi connectivity index (χ2v) is 9.23. The van der Waals surface area contributed by atoms with E-state index in [1.807, 2.05) is 0 Å². The Kier molecular flexibility index (Phi) is 7.08. The first-order valence-corrected chi connectivity index (χ1v) is 11.9. The number of nitrogens with two attached hydrogens (primary N) is 1. The van der Waals surface area contributed by atoms with E-state index in [1.54, 1.807) is 34.9 Å². The van der Waals surface area contributed by atoms with Gasteiger partial charge in [0.1, 0.15) is 42.1 Å². The Bertz CT molecular complexity index is 1200. The molecule has 182 valence electrons. The van der Waals surface area contributed by atoms with Crippen molar-refractivity contribution in [3.05, 3.63) is 43.0 Å². The van der Waals surface area contributed by atoms with E-state index in [4.69, 9.17) is 19.5 Å². The minimum atomic E-state index is -4.12. The van der Waals surface area contributed by atoms with Crippen LogP contribution in [0.5, 0.6) is 5.75 Å². The van der Waals surface area contributed by atoms with Gasteiger partial charge in [-0.05, 0) is 19.1 Å². The number of halogens is 1. The first-order chi connectivity index (χ1) is 16.3. The fraction of sp³-hybridized carbons (Fsp3) is 0.400. The summed E-state index contributed by atoms with van der Waals surface area (Å²) in [6, 6.07) is 7.23. The molecule has 5 atom stereocenters. The standard InChI is InChI=1S/C20H24FN6O6P/c1-12(20(28)30-2)26-34(29,33-13-6-4-3-5-7-13)31-9-15-14(21)8-16(32-15)27-11-25-17-18(22)23-10-24-19(17)27/h3-7,10-12,14-16H,8-9H2,1-2H3,(H,26,29)(H2,22,23,24)/t12-,14?,15+,16+,34?/m0/s1. The number of hydrogen-bond acceptors (Lipinski definition) is 10. The quantitative estimate of drug-likeness (QED) is 0.333. The van der Waals surface area contributed by atoms with E-state index in [0.29, 0.717) is 11.2 Å². The highest BCUT2D eigenvalue weighted by Crippen LogP contribution is 2.46. The second-order valence-electron chi connectivity index (χ2n) is 7.54. The molecule has 1 aromatic carbocycles. The van der Waals surface area contributed by atoms with Gasteiger partial charge in [-0.2, -0.15) is 5.09 Å². The highest BCUT2D eigenvalue weighted by Gasteiger charge is 2.40. The van der Waals surface area contributed by atoms with E-state index < -0.39 is 44.9 Å². The smallest absolute Gasteiger partial charge is 0.459 e. The SMILES string of the molecule is COC(=O)[C@H](C)NP(=O)(OC[C@H]1O[C@@H](n2cnc3c(N)ncnc32)CC1F)Oc1ccccc1. The van der Waals surface area contributed by atoms with Crippen LogP contribution >= 0.6 is 7.75 Å². The average Bonchev–Trinajstić information content (AvgIpc) is 3.42. The zero-order chi connectivity index (χ0) is 24.3. The predicted octanol–water partition coefficient (Wildman–Crippen LogP) is 2.39. The van der Waals surface area contributed by atoms with Gasteiger partial charge >= 0.3 is 13.7 Å². The van der Waals surface area contributed by atoms with Crippen LogP contribution in [0.25, 0.3) is 11.2 Å². The van der Waals surface area contributed by atoms with Crippen molar-refractivity contribution in [2.75, 3.05) is 19.5 Å². The van der Waals surface area contributed by atoms with Crippen molar-refractivity contribution >= 4 is 30.7 Å². The molecule has 1 fully saturated rings. The summed E-state index contributed by atoms with van der Waals surface area (Å²) in [6.45, 7) is 1.03. The van der Waals surface area contributed by atoms with Crippen LogP contribution in [0.4, 0.5) is 10.2 Å². The van der Waals surface area contributed by atoms with Crippen molar-refractivity contribution in [3.8, 4) is 5.75 Å². The summed E-state index contributed by atoms with van der Waals surface area (Å²) in [4.78, 5) is 24.0. The first kappa shape index (κ1) is 24.0. The van der Waals surface area contributed by atoms with Crippen molar-refractivity contribution in [1.29, 1.82) is 0 Å². The van der Waals surface area contributed by atoms with Crippen molar-refractivity contribution in [2.24, 2.45) is 0 Å². The largest absolute Gasteiger partial charge is 0.468 e. The summed E-state index contributed by atoms with van der Waals surface area (Å²) in [5.74, 6) is -0.239. The predicted molar refractivity (Wildman–Crippen MR) is 118 cm³/mol. The number of rotatable bonds is 9. The molecule has 1 aliphatic rings. The fourth-order valence-corrected chi connectivity index (χ4v) is 4.94. The van der Waals surface area contributed by atoms with Gasteiger partial charge in [-0.15, -0.1) is 0 Å². The summed E-state index contributed by atoms with van der Waals surface area (Å²) in [6.07, 6.45) is -0.531. The van der Waals surface area contributed by atoms with Crippen LogP contribution in [-0.4, -0.2) is 57.5 Å². The van der Waals surface area contributed by atoms with Gasteiger partial charge in [0, 0.05) is 6.42 Å². The van der Waals surface area contributed by atoms with Crippen molar-refractivity contribution in [2.45, 2.75) is 37.9 Å². The zero-order valence-corrected chi connectivity index (χ0v) is 19.3. The molecule has 0 spiro atoms. The number of esters is 1. The third-order valence-corrected chi connectivity index (χ3v) is 6.79. The molecular weight excluding hydrogens is 470 g/mol. The van der Waals surface area contributed by atoms with Crippen molar-refractivity contribution in [1.82, 2.24) is 24.6 Å². The molecule has 0 bridgehead atoms. The lowest BCUT2D eigenvalue weighted by molar-refractivity contribution is -0.142. The molecule has 1 saturated heterocycles. The monoisotopic (exact) mass is 494 g/mol. The van der Waals surface area contributed by atoms with Crippen LogP contribution in [0.1, 0.15) is 19.6 Å². The maximum absolute atomic E-state index is 14.8. The van der Waals surface area contributed by atoms with E-state index in [2.05, 4.69) is 24.8 Å². The van der Waals surface area contributed by atoms with Crippen LogP contribution in [0.15, 0.2) is 43.0 Å². The molecule has 1 aliphatic heterocycles. The molecule has 2 aromatic heterocycles. The summed E-state index contributed by atoms with van der Waals surface area (Å²) in [5.41, 5.74) is 6.58. The summed E-state index contributed by atoms with van der Waals surface area (Å²) in [7, 11) is -2.93. The molecule has 34 heavy (non-hydrogen) atoms. The van der Waals surface area contributed by atoms with Gasteiger partial charge in [0.05, 0.1) is 20.0 Å². The summed E-state index contributed by atoms with van der Waals surface area (Å²) >= 11 is 0. The summed E-state index contributed by atoms with van der Waals surface area (Å²) in [5, 5.41) is 2.51. The van der Waals surface area contributed by atoms with E-state index in [-0.39, 0.29) is 18.0 Å². The normalized spacial score (nSPS) is 22.9. The number of hydrogen-bond donors (Lipinski definition) is 2. The molecular formula is C20H24FN6O6P. The number of nitrogen functional groups attached to an aromatic ring is 1. The lowest BCUT2D eigenvalue weighted by atomic mass is 10.2. The van der Waals surface area contributed by atoms with Crippen LogP contribution in [0.2, 0.25) is 0 Å². The Morgan fingerprint density at radius 2 is 2.12 bits per heavy atom. The van der Waals surface area contributed by atoms with Gasteiger partial charge < -0.3 is 19.7 Å². The van der Waals surface area contributed by atoms with Gasteiger partial charge in [-0.25, -0.2) is 23.9 Å². The number of para-hydroxylation sites is 1. The molecule has 3 N–H and O–H groups in total. The van der Waals surface area contributed by atoms with Gasteiger partial charge in [0.2, 0.25) is 0 Å². The highest BCUT2D eigenvalue weighted by molar-refractivity contribution is 7.52. The molecule has 12 nitrogen and oxygen atoms in total. The topological polar surface area (TPSA) is 153 Å². The maximum atomic E-state index is 14.8. The number of nitrogens with one attached hydrogen (secondary N) is 1. The minimum absolute atomic E-state index is 0.0147. The lowest BCUT2D eigenvalue weighted by Gasteiger charge is -2.24. The van der Waals surface area contributed by atoms with Crippen LogP contribution < -0.4 is 15.3 Å². The van der Waals surface area contributed by atoms with Crippen LogP contribution in [-0.2, 0) is 23.4 Å². The number of fused-ring (bicyclic) bond motifs is 1. The lowest BCUT2D eigenvalue weighted by Crippen LogP contribution is -2.35. The third-order valence-electron chi connectivity index (χ3n) is 5.14. The molecule has 4 rings (SSSR count). The number of ether oxygens (including phenoxy) is 2. The number of nitrogens with zero attached hydrogens (tertiary/aromatic N) is 4. The van der Waals surface area contributed by atoms with Gasteiger partial charge in [0.25, 0.3) is 0 Å². The molecule has 0 amide bonds. The molecule has 3 aromatic rings. The van der Waals surface area contributed by atoms with Crippen molar-refractivity contribution in [3.63, 3.8) is 0 Å². The Balaban J connectivity index is 1.47. The maximum Gasteiger partial charge on any atom is 0.459 e. The van der Waals surface area contributed by atoms with E-state index in [1.165, 1.54) is 26.7 Å². The molecule has 0 saturated carbocycles. The number of alkyl halides is 1. The number of aromatic nitrogens is 4. The Hall–Kier alpha value is -3.12. The third kappa shape index (κ3) is 5.17. The van der Waals surface area contributed by atoms with Gasteiger partial charge in [-0.1, -0.05) is 18.2 Å². The Morgan fingerprint density at radius 1 is 1.35 bits per heavy atom. The van der Waals surface area contributed by atoms with E-state index >= 15 is 0 Å². The molecule has 14 heteroatoms. The summed E-state index contributed by atoms with van der Waals surface area (Å²) < 4.78 is 51.3. The number of carbonyl (C=O) groups excluding carboxylic acids is 1. The van der Waals surface area contributed by atoms with E-state index in [0.717, 1.165) is 0 Å². The Labute approximate surface area is 194 Å². The first-order valence-electron chi connectivity index (χ1n) is 10.4. The molecule has 2 unspecified atom stereocenters. The molecule has 0 aliphatic carbocycles. The van der Waals surface area contributed by atoms with Crippen molar-refractivity contribution < 1.29 is 32.3 Å². The van der Waals surface area contributed by atoms with Crippen LogP contribution in [0, 0.1) is 0 Å². The molecule has 3 heterocycles. The van der Waals surface area contributed by atoms with E-state index in [9.17, 15) is 13.8 Å². The second kappa shape index (κ2) is 10.0. The highest BCUT2D eigenvalue weighted by atomic mass is 31.2. The molecule has 0 radical (unpaired) electrons. The number of methoxy groups -OCH3 is 1. The zero-order valence-electron chi connectivity index (χ0n) is 18.4. The van der Waals surface area contributed by atoms with Crippen LogP contribution in [0.3, 0.4) is 0 Å². The number of benzene rings is 1. The minimum Gasteiger partial charge on any atom is -0.468 e. The fourth-order valence-electron chi connectivity index (χ4n) is 3.44. The average molecular weight is 494 g/mol. The number of carbonyl (C=O) groups is 1.